The van der Waals surface area contributed by atoms with Gasteiger partial charge in [0.1, 0.15) is 18.0 Å². The van der Waals surface area contributed by atoms with E-state index in [1.165, 1.54) is 46.5 Å². The number of rotatable bonds is 7. The number of aryl methyl sites for hydroxylation is 1. The molecule has 3 heterocycles. The highest BCUT2D eigenvalue weighted by Crippen LogP contribution is 2.44. The lowest BCUT2D eigenvalue weighted by atomic mass is 9.92. The second-order valence-corrected chi connectivity index (χ2v) is 11.5. The molecular formula is C32H28F6N4O4. The summed E-state index contributed by atoms with van der Waals surface area (Å²) in [6.45, 7) is 4.48. The Bertz CT molecular complexity index is 1980. The third-order valence-electron chi connectivity index (χ3n) is 7.20. The van der Waals surface area contributed by atoms with Crippen LogP contribution in [0.5, 0.6) is 0 Å². The first kappa shape index (κ1) is 32.5. The van der Waals surface area contributed by atoms with Gasteiger partial charge in [-0.2, -0.15) is 13.2 Å². The van der Waals surface area contributed by atoms with Crippen molar-refractivity contribution >= 4 is 28.4 Å². The second-order valence-electron chi connectivity index (χ2n) is 11.5. The largest absolute Gasteiger partial charge is 0.444 e. The van der Waals surface area contributed by atoms with Gasteiger partial charge in [-0.3, -0.25) is 4.79 Å². The molecule has 0 bridgehead atoms. The molecule has 0 atom stereocenters. The number of ketones is 1. The van der Waals surface area contributed by atoms with Crippen molar-refractivity contribution in [1.29, 1.82) is 0 Å². The first-order valence-corrected chi connectivity index (χ1v) is 13.9. The molecule has 1 amide bonds. The predicted molar refractivity (Wildman–Crippen MR) is 156 cm³/mol. The average Bonchev–Trinajstić information content (AvgIpc) is 3.53. The molecule has 46 heavy (non-hydrogen) atoms. The molecule has 14 heteroatoms. The number of nitrogens with one attached hydrogen (secondary N) is 1. The van der Waals surface area contributed by atoms with Gasteiger partial charge in [-0.05, 0) is 57.2 Å². The molecule has 2 aromatic carbocycles. The van der Waals surface area contributed by atoms with Gasteiger partial charge >= 0.3 is 12.3 Å². The minimum atomic E-state index is -4.89. The number of hydrogen-bond donors (Lipinski definition) is 1. The van der Waals surface area contributed by atoms with Gasteiger partial charge in [0.2, 0.25) is 5.78 Å². The third kappa shape index (κ3) is 6.04. The number of imidazole rings is 1. The van der Waals surface area contributed by atoms with Crippen LogP contribution < -0.4 is 5.32 Å². The fraction of sp³-hybridized carbons (Fsp3) is 0.281. The second kappa shape index (κ2) is 11.8. The van der Waals surface area contributed by atoms with Crippen molar-refractivity contribution in [2.24, 2.45) is 7.05 Å². The van der Waals surface area contributed by atoms with Crippen molar-refractivity contribution in [3.8, 4) is 11.1 Å². The van der Waals surface area contributed by atoms with Crippen LogP contribution in [0.1, 0.15) is 53.8 Å². The Labute approximate surface area is 258 Å². The van der Waals surface area contributed by atoms with E-state index in [1.54, 1.807) is 27.8 Å². The standard InChI is InChI=1S/C32H28F6N4O4/c1-31(2,3)46-30(44)39-14-18-26(19(32(36,37)38)13-24-28(18)40-25(15-45-5)41(24)4)17-7-6-10-42-22(17)8-9-23(42)29(43)16-11-20(33)27(35)21(34)12-16/h6-13H,14-15H2,1-5H3,(H,39,44). The normalized spacial score (nSPS) is 12.2. The molecule has 3 aromatic heterocycles. The summed E-state index contributed by atoms with van der Waals surface area (Å²) in [7, 11) is 2.96. The Morgan fingerprint density at radius 2 is 1.65 bits per heavy atom. The van der Waals surface area contributed by atoms with Crippen LogP contribution in [-0.4, -0.2) is 38.5 Å². The molecule has 0 fully saturated rings. The van der Waals surface area contributed by atoms with Gasteiger partial charge in [0, 0.05) is 49.2 Å². The third-order valence-corrected chi connectivity index (χ3v) is 7.20. The van der Waals surface area contributed by atoms with Crippen molar-refractivity contribution in [3.05, 3.63) is 94.3 Å². The topological polar surface area (TPSA) is 86.9 Å². The van der Waals surface area contributed by atoms with Gasteiger partial charge in [-0.15, -0.1) is 0 Å². The van der Waals surface area contributed by atoms with Crippen LogP contribution in [-0.2, 0) is 35.8 Å². The number of amides is 1. The Hall–Kier alpha value is -4.85. The monoisotopic (exact) mass is 646 g/mol. The molecule has 1 N–H and O–H groups in total. The quantitative estimate of drug-likeness (QED) is 0.114. The van der Waals surface area contributed by atoms with Crippen LogP contribution in [0.25, 0.3) is 27.7 Å². The first-order chi connectivity index (χ1) is 21.5. The number of fused-ring (bicyclic) bond motifs is 2. The summed E-state index contributed by atoms with van der Waals surface area (Å²) in [5, 5.41) is 2.53. The van der Waals surface area contributed by atoms with Gasteiger partial charge in [-0.25, -0.2) is 22.9 Å². The molecule has 0 radical (unpaired) electrons. The maximum absolute atomic E-state index is 14.9. The first-order valence-electron chi connectivity index (χ1n) is 13.9. The van der Waals surface area contributed by atoms with E-state index in [1.807, 2.05) is 0 Å². The summed E-state index contributed by atoms with van der Waals surface area (Å²) in [5.41, 5.74) is -2.44. The van der Waals surface area contributed by atoms with Crippen molar-refractivity contribution in [3.63, 3.8) is 0 Å². The van der Waals surface area contributed by atoms with Gasteiger partial charge < -0.3 is 23.8 Å². The maximum atomic E-state index is 14.9. The fourth-order valence-electron chi connectivity index (χ4n) is 5.24. The van der Waals surface area contributed by atoms with E-state index in [0.29, 0.717) is 18.0 Å². The number of alkyl halides is 3. The highest BCUT2D eigenvalue weighted by atomic mass is 19.4. The molecule has 0 unspecified atom stereocenters. The minimum absolute atomic E-state index is 0.00880. The van der Waals surface area contributed by atoms with E-state index in [2.05, 4.69) is 10.3 Å². The summed E-state index contributed by atoms with van der Waals surface area (Å²) in [4.78, 5) is 30.5. The van der Waals surface area contributed by atoms with E-state index in [0.717, 1.165) is 6.07 Å². The van der Waals surface area contributed by atoms with Gasteiger partial charge in [0.15, 0.2) is 17.5 Å². The maximum Gasteiger partial charge on any atom is 0.417 e. The van der Waals surface area contributed by atoms with Crippen LogP contribution in [0.4, 0.5) is 31.1 Å². The van der Waals surface area contributed by atoms with Gasteiger partial charge in [0.05, 0.1) is 27.8 Å². The predicted octanol–water partition coefficient (Wildman–Crippen LogP) is 7.33. The Balaban J connectivity index is 1.76. The highest BCUT2D eigenvalue weighted by Gasteiger charge is 2.37. The van der Waals surface area contributed by atoms with Crippen molar-refractivity contribution in [1.82, 2.24) is 19.3 Å². The molecule has 0 spiro atoms. The lowest BCUT2D eigenvalue weighted by molar-refractivity contribution is -0.137. The summed E-state index contributed by atoms with van der Waals surface area (Å²) < 4.78 is 99.3. The number of nitrogens with zero attached hydrogens (tertiary/aromatic N) is 3. The zero-order valence-corrected chi connectivity index (χ0v) is 25.3. The van der Waals surface area contributed by atoms with Crippen molar-refractivity contribution < 1.29 is 45.4 Å². The number of methoxy groups -OCH3 is 1. The molecule has 8 nitrogen and oxygen atoms in total. The summed E-state index contributed by atoms with van der Waals surface area (Å²) in [6, 6.07) is 7.50. The SMILES string of the molecule is COCc1nc2c(CNC(=O)OC(C)(C)C)c(-c3cccn4c(C(=O)c5cc(F)c(F)c(F)c5)ccc34)c(C(F)(F)F)cc2n1C. The smallest absolute Gasteiger partial charge is 0.417 e. The molecule has 0 saturated carbocycles. The summed E-state index contributed by atoms with van der Waals surface area (Å²) >= 11 is 0. The van der Waals surface area contributed by atoms with Crippen molar-refractivity contribution in [2.75, 3.05) is 7.11 Å². The Morgan fingerprint density at radius 1 is 0.978 bits per heavy atom. The fourth-order valence-corrected chi connectivity index (χ4v) is 5.24. The Morgan fingerprint density at radius 3 is 2.26 bits per heavy atom. The molecular weight excluding hydrogens is 618 g/mol. The van der Waals surface area contributed by atoms with E-state index in [-0.39, 0.29) is 45.5 Å². The van der Waals surface area contributed by atoms with Crippen molar-refractivity contribution in [2.45, 2.75) is 45.7 Å². The van der Waals surface area contributed by atoms with Gasteiger partial charge in [-0.1, -0.05) is 6.07 Å². The van der Waals surface area contributed by atoms with Crippen LogP contribution in [0, 0.1) is 17.5 Å². The minimum Gasteiger partial charge on any atom is -0.444 e. The summed E-state index contributed by atoms with van der Waals surface area (Å²) in [5.74, 6) is -5.46. The Kier molecular flexibility index (Phi) is 8.36. The number of pyridine rings is 1. The zero-order chi connectivity index (χ0) is 33.7. The lowest BCUT2D eigenvalue weighted by Crippen LogP contribution is -2.32. The molecule has 0 aliphatic heterocycles. The number of hydrogen-bond acceptors (Lipinski definition) is 5. The molecule has 5 rings (SSSR count). The van der Waals surface area contributed by atoms with E-state index in [9.17, 15) is 35.9 Å². The van der Waals surface area contributed by atoms with Crippen LogP contribution in [0.2, 0.25) is 0 Å². The van der Waals surface area contributed by atoms with Crippen LogP contribution in [0.3, 0.4) is 0 Å². The number of halogens is 6. The highest BCUT2D eigenvalue weighted by molar-refractivity contribution is 6.09. The summed E-state index contributed by atoms with van der Waals surface area (Å²) in [6.07, 6.45) is -4.37. The molecule has 5 aromatic rings. The number of ether oxygens (including phenoxy) is 2. The number of aromatic nitrogens is 3. The van der Waals surface area contributed by atoms with Crippen LogP contribution in [0.15, 0.2) is 48.7 Å². The number of alkyl carbamates (subject to hydrolysis) is 1. The molecule has 242 valence electrons. The van der Waals surface area contributed by atoms with E-state index < -0.39 is 58.8 Å². The van der Waals surface area contributed by atoms with E-state index >= 15 is 0 Å². The number of carbonyl (C=O) groups excluding carboxylic acids is 2. The number of carbonyl (C=O) groups is 2. The van der Waals surface area contributed by atoms with Crippen LogP contribution >= 0.6 is 0 Å². The molecule has 0 saturated heterocycles. The lowest BCUT2D eigenvalue weighted by Gasteiger charge is -2.22. The average molecular weight is 647 g/mol. The number of benzene rings is 2. The van der Waals surface area contributed by atoms with E-state index in [4.69, 9.17) is 9.47 Å². The van der Waals surface area contributed by atoms with Gasteiger partial charge in [0.25, 0.3) is 0 Å². The zero-order valence-electron chi connectivity index (χ0n) is 25.3. The molecule has 0 aliphatic carbocycles. The molecule has 0 aliphatic rings.